The van der Waals surface area contributed by atoms with Gasteiger partial charge in [0.2, 0.25) is 5.95 Å². The third-order valence-electron chi connectivity index (χ3n) is 3.12. The van der Waals surface area contributed by atoms with Gasteiger partial charge in [0, 0.05) is 25.1 Å². The summed E-state index contributed by atoms with van der Waals surface area (Å²) >= 11 is 0. The summed E-state index contributed by atoms with van der Waals surface area (Å²) in [6.45, 7) is 3.96. The van der Waals surface area contributed by atoms with E-state index < -0.39 is 0 Å². The normalized spacial score (nSPS) is 10.8. The highest BCUT2D eigenvalue weighted by atomic mass is 15.3. The highest BCUT2D eigenvalue weighted by molar-refractivity contribution is 5.58. The van der Waals surface area contributed by atoms with Crippen LogP contribution < -0.4 is 5.32 Å². The number of para-hydroxylation sites is 1. The minimum Gasteiger partial charge on any atom is -0.322 e. The van der Waals surface area contributed by atoms with E-state index in [0.29, 0.717) is 0 Å². The van der Waals surface area contributed by atoms with Crippen LogP contribution in [0.15, 0.2) is 42.7 Å². The Morgan fingerprint density at radius 2 is 1.80 bits per heavy atom. The van der Waals surface area contributed by atoms with Gasteiger partial charge in [-0.15, -0.1) is 0 Å². The summed E-state index contributed by atoms with van der Waals surface area (Å²) in [4.78, 5) is 4.55. The topological polar surface area (TPSA) is 47.7 Å². The first-order valence-corrected chi connectivity index (χ1v) is 6.52. The second-order valence-electron chi connectivity index (χ2n) is 4.84. The Labute approximate surface area is 117 Å². The zero-order chi connectivity index (χ0) is 14.1. The summed E-state index contributed by atoms with van der Waals surface area (Å²) in [6, 6.07) is 10.2. The molecule has 0 fully saturated rings. The number of hydrogen-bond donors (Lipinski definition) is 1. The van der Waals surface area contributed by atoms with Gasteiger partial charge in [0.25, 0.3) is 0 Å². The lowest BCUT2D eigenvalue weighted by molar-refractivity contribution is 0.756. The Morgan fingerprint density at radius 1 is 1.05 bits per heavy atom. The number of nitrogens with one attached hydrogen (secondary N) is 1. The maximum absolute atomic E-state index is 4.55. The number of imidazole rings is 1. The molecule has 0 saturated carbocycles. The Bertz CT molecular complexity index is 724. The maximum Gasteiger partial charge on any atom is 0.212 e. The van der Waals surface area contributed by atoms with Gasteiger partial charge in [-0.1, -0.05) is 18.2 Å². The lowest BCUT2D eigenvalue weighted by atomic mass is 10.3. The fourth-order valence-corrected chi connectivity index (χ4v) is 2.21. The van der Waals surface area contributed by atoms with Crippen molar-refractivity contribution in [2.75, 3.05) is 5.32 Å². The van der Waals surface area contributed by atoms with Crippen LogP contribution in [0.3, 0.4) is 0 Å². The minimum atomic E-state index is 0.796. The molecule has 20 heavy (non-hydrogen) atoms. The van der Waals surface area contributed by atoms with Crippen LogP contribution in [-0.4, -0.2) is 19.3 Å². The van der Waals surface area contributed by atoms with E-state index in [4.69, 9.17) is 0 Å². The van der Waals surface area contributed by atoms with E-state index in [2.05, 4.69) is 27.5 Å². The average Bonchev–Trinajstić information content (AvgIpc) is 2.94. The number of hydrogen-bond acceptors (Lipinski definition) is 3. The van der Waals surface area contributed by atoms with Crippen molar-refractivity contribution >= 4 is 11.6 Å². The van der Waals surface area contributed by atoms with Gasteiger partial charge < -0.3 is 5.32 Å². The summed E-state index contributed by atoms with van der Waals surface area (Å²) < 4.78 is 3.84. The summed E-state index contributed by atoms with van der Waals surface area (Å²) in [5.41, 5.74) is 3.97. The van der Waals surface area contributed by atoms with Gasteiger partial charge >= 0.3 is 0 Å². The molecule has 102 valence electrons. The van der Waals surface area contributed by atoms with Crippen molar-refractivity contribution in [3.8, 4) is 5.69 Å². The zero-order valence-electron chi connectivity index (χ0n) is 11.8. The lowest BCUT2D eigenvalue weighted by Gasteiger charge is -2.08. The van der Waals surface area contributed by atoms with Crippen molar-refractivity contribution in [2.45, 2.75) is 13.8 Å². The first kappa shape index (κ1) is 12.5. The van der Waals surface area contributed by atoms with E-state index in [1.54, 1.807) is 4.68 Å². The number of anilines is 2. The smallest absolute Gasteiger partial charge is 0.212 e. The van der Waals surface area contributed by atoms with Crippen LogP contribution in [-0.2, 0) is 7.05 Å². The van der Waals surface area contributed by atoms with Crippen molar-refractivity contribution in [2.24, 2.45) is 7.05 Å². The molecular weight excluding hydrogens is 250 g/mol. The summed E-state index contributed by atoms with van der Waals surface area (Å²) in [5, 5.41) is 7.68. The number of aryl methyl sites for hydroxylation is 3. The molecule has 0 aliphatic heterocycles. The Balaban J connectivity index is 2.00. The van der Waals surface area contributed by atoms with Crippen LogP contribution in [0.1, 0.15) is 11.4 Å². The lowest BCUT2D eigenvalue weighted by Crippen LogP contribution is -2.01. The van der Waals surface area contributed by atoms with Crippen LogP contribution in [0.25, 0.3) is 5.69 Å². The Kier molecular flexibility index (Phi) is 3.02. The predicted octanol–water partition coefficient (Wildman–Crippen LogP) is 2.97. The van der Waals surface area contributed by atoms with Crippen LogP contribution >= 0.6 is 0 Å². The molecule has 5 nitrogen and oxygen atoms in total. The number of benzene rings is 1. The minimum absolute atomic E-state index is 0.796. The summed E-state index contributed by atoms with van der Waals surface area (Å²) in [5.74, 6) is 0.796. The van der Waals surface area contributed by atoms with Gasteiger partial charge in [0.1, 0.15) is 0 Å². The monoisotopic (exact) mass is 267 g/mol. The molecule has 0 aliphatic carbocycles. The second-order valence-corrected chi connectivity index (χ2v) is 4.84. The third kappa shape index (κ3) is 2.30. The molecule has 0 unspecified atom stereocenters. The first-order chi connectivity index (χ1) is 9.63. The van der Waals surface area contributed by atoms with Gasteiger partial charge in [-0.25, -0.2) is 4.98 Å². The second kappa shape index (κ2) is 4.85. The molecule has 0 aliphatic rings. The SMILES string of the molecule is Cc1cn(-c2ccccc2)c(Nc2cn(C)nc2C)n1. The van der Waals surface area contributed by atoms with Crippen molar-refractivity contribution in [3.05, 3.63) is 54.1 Å². The molecule has 5 heteroatoms. The van der Waals surface area contributed by atoms with E-state index >= 15 is 0 Å². The summed E-state index contributed by atoms with van der Waals surface area (Å²) in [7, 11) is 1.91. The fraction of sp³-hybridized carbons (Fsp3) is 0.200. The average molecular weight is 267 g/mol. The molecule has 1 N–H and O–H groups in total. The van der Waals surface area contributed by atoms with Crippen molar-refractivity contribution in [3.63, 3.8) is 0 Å². The molecule has 0 atom stereocenters. The standard InChI is InChI=1S/C15H17N5/c1-11-9-20(13-7-5-4-6-8-13)15(16-11)17-14-10-19(3)18-12(14)2/h4-10H,1-3H3,(H,16,17). The van der Waals surface area contributed by atoms with Crippen LogP contribution in [0, 0.1) is 13.8 Å². The van der Waals surface area contributed by atoms with E-state index in [9.17, 15) is 0 Å². The van der Waals surface area contributed by atoms with Crippen LogP contribution in [0.2, 0.25) is 0 Å². The molecule has 2 aromatic heterocycles. The molecule has 3 aromatic rings. The predicted molar refractivity (Wildman–Crippen MR) is 79.5 cm³/mol. The molecule has 0 saturated heterocycles. The molecule has 0 amide bonds. The van der Waals surface area contributed by atoms with Crippen LogP contribution in [0.4, 0.5) is 11.6 Å². The molecule has 1 aromatic carbocycles. The van der Waals surface area contributed by atoms with Gasteiger partial charge in [-0.2, -0.15) is 5.10 Å². The highest BCUT2D eigenvalue weighted by Crippen LogP contribution is 2.22. The molecule has 0 spiro atoms. The maximum atomic E-state index is 4.55. The molecular formula is C15H17N5. The van der Waals surface area contributed by atoms with Gasteiger partial charge in [0.05, 0.1) is 17.1 Å². The third-order valence-corrected chi connectivity index (χ3v) is 3.12. The fourth-order valence-electron chi connectivity index (χ4n) is 2.21. The first-order valence-electron chi connectivity index (χ1n) is 6.52. The van der Waals surface area contributed by atoms with E-state index in [-0.39, 0.29) is 0 Å². The van der Waals surface area contributed by atoms with Crippen molar-refractivity contribution in [1.82, 2.24) is 19.3 Å². The van der Waals surface area contributed by atoms with Crippen LogP contribution in [0.5, 0.6) is 0 Å². The number of rotatable bonds is 3. The largest absolute Gasteiger partial charge is 0.322 e. The van der Waals surface area contributed by atoms with Gasteiger partial charge in [-0.3, -0.25) is 9.25 Å². The molecule has 0 bridgehead atoms. The molecule has 3 rings (SSSR count). The zero-order valence-corrected chi connectivity index (χ0v) is 11.8. The molecule has 0 radical (unpaired) electrons. The van der Waals surface area contributed by atoms with E-state index in [0.717, 1.165) is 28.7 Å². The summed E-state index contributed by atoms with van der Waals surface area (Å²) in [6.07, 6.45) is 3.97. The number of aromatic nitrogens is 4. The van der Waals surface area contributed by atoms with E-state index in [1.807, 2.05) is 56.1 Å². The quantitative estimate of drug-likeness (QED) is 0.793. The van der Waals surface area contributed by atoms with Crippen molar-refractivity contribution in [1.29, 1.82) is 0 Å². The number of nitrogens with zero attached hydrogens (tertiary/aromatic N) is 4. The Morgan fingerprint density at radius 3 is 2.45 bits per heavy atom. The van der Waals surface area contributed by atoms with Crippen molar-refractivity contribution < 1.29 is 0 Å². The molecule has 2 heterocycles. The highest BCUT2D eigenvalue weighted by Gasteiger charge is 2.10. The van der Waals surface area contributed by atoms with Gasteiger partial charge in [-0.05, 0) is 26.0 Å². The van der Waals surface area contributed by atoms with E-state index in [1.165, 1.54) is 0 Å². The Hall–Kier alpha value is -2.56. The van der Waals surface area contributed by atoms with Gasteiger partial charge in [0.15, 0.2) is 0 Å².